The molecule has 2 bridgehead atoms. The molecule has 1 heterocycles. The highest BCUT2D eigenvalue weighted by Gasteiger charge is 2.73. The molecule has 5 aromatic rings. The van der Waals surface area contributed by atoms with Crippen molar-refractivity contribution in [1.82, 2.24) is 4.90 Å². The van der Waals surface area contributed by atoms with Crippen LogP contribution in [0.15, 0.2) is 127 Å². The lowest BCUT2D eigenvalue weighted by Crippen LogP contribution is -2.57. The number of carbonyl (C=O) groups excluding carboxylic acids is 4. The second kappa shape index (κ2) is 11.7. The molecule has 1 aliphatic heterocycles. The number of anilines is 1. The number of likely N-dealkylation sites (tertiary alicyclic amines) is 1. The van der Waals surface area contributed by atoms with E-state index in [-0.39, 0.29) is 23.5 Å². The van der Waals surface area contributed by atoms with E-state index in [1.807, 2.05) is 78.9 Å². The summed E-state index contributed by atoms with van der Waals surface area (Å²) < 4.78 is 0. The van der Waals surface area contributed by atoms with Gasteiger partial charge in [0.05, 0.1) is 17.5 Å². The lowest BCUT2D eigenvalue weighted by Gasteiger charge is -2.54. The zero-order valence-electron chi connectivity index (χ0n) is 25.8. The molecule has 9 heteroatoms. The third-order valence-corrected chi connectivity index (χ3v) is 11.5. The van der Waals surface area contributed by atoms with Gasteiger partial charge >= 0.3 is 0 Å². The number of alkyl halides is 2. The summed E-state index contributed by atoms with van der Waals surface area (Å²) in [6.45, 7) is 0. The Bertz CT molecular complexity index is 2070. The van der Waals surface area contributed by atoms with Gasteiger partial charge in [-0.1, -0.05) is 121 Å². The van der Waals surface area contributed by atoms with Gasteiger partial charge < -0.3 is 5.32 Å². The molecule has 0 saturated carbocycles. The number of nitrogens with zero attached hydrogens (tertiary/aromatic N) is 1. The van der Waals surface area contributed by atoms with Gasteiger partial charge in [-0.05, 0) is 46.0 Å². The molecule has 242 valence electrons. The summed E-state index contributed by atoms with van der Waals surface area (Å²) in [5, 5.41) is 3.18. The number of carbonyl (C=O) groups is 4. The second-order valence-electron chi connectivity index (χ2n) is 12.6. The van der Waals surface area contributed by atoms with Crippen LogP contribution in [-0.4, -0.2) is 34.4 Å². The fraction of sp³-hybridized carbons (Fsp3) is 0.150. The summed E-state index contributed by atoms with van der Waals surface area (Å²) in [5.41, 5.74) is 4.18. The molecule has 49 heavy (non-hydrogen) atoms. The molecule has 3 aliphatic carbocycles. The van der Waals surface area contributed by atoms with Gasteiger partial charge in [0.1, 0.15) is 15.8 Å². The third-order valence-electron chi connectivity index (χ3n) is 10.0. The van der Waals surface area contributed by atoms with Crippen LogP contribution in [0.25, 0.3) is 0 Å². The van der Waals surface area contributed by atoms with Gasteiger partial charge in [-0.2, -0.15) is 0 Å². The Kier molecular flexibility index (Phi) is 7.52. The Balaban J connectivity index is 1.23. The molecule has 3 amide bonds. The topological polar surface area (TPSA) is 83.6 Å². The van der Waals surface area contributed by atoms with Crippen molar-refractivity contribution in [3.8, 4) is 0 Å². The van der Waals surface area contributed by atoms with Gasteiger partial charge in [0.15, 0.2) is 5.78 Å². The summed E-state index contributed by atoms with van der Waals surface area (Å²) in [7, 11) is 0. The fourth-order valence-electron chi connectivity index (χ4n) is 7.91. The average Bonchev–Trinajstić information content (AvgIpc) is 3.41. The first-order valence-corrected chi connectivity index (χ1v) is 17.0. The van der Waals surface area contributed by atoms with Crippen LogP contribution < -0.4 is 5.32 Å². The van der Waals surface area contributed by atoms with E-state index in [4.69, 9.17) is 34.8 Å². The Morgan fingerprint density at radius 2 is 1.14 bits per heavy atom. The van der Waals surface area contributed by atoms with Crippen LogP contribution in [0.4, 0.5) is 5.69 Å². The molecule has 0 unspecified atom stereocenters. The lowest BCUT2D eigenvalue weighted by molar-refractivity contribution is -0.146. The van der Waals surface area contributed by atoms with Crippen molar-refractivity contribution in [1.29, 1.82) is 0 Å². The molecule has 0 aromatic heterocycles. The molecule has 0 spiro atoms. The molecule has 9 rings (SSSR count). The van der Waals surface area contributed by atoms with Gasteiger partial charge in [-0.3, -0.25) is 24.1 Å². The number of rotatable bonds is 7. The molecule has 5 aromatic carbocycles. The van der Waals surface area contributed by atoms with Crippen molar-refractivity contribution in [3.05, 3.63) is 171 Å². The number of amides is 3. The fourth-order valence-corrected chi connectivity index (χ4v) is 9.18. The molecule has 0 radical (unpaired) electrons. The van der Waals surface area contributed by atoms with E-state index in [1.54, 1.807) is 42.5 Å². The largest absolute Gasteiger partial charge is 0.324 e. The minimum absolute atomic E-state index is 0.0175. The van der Waals surface area contributed by atoms with E-state index in [0.29, 0.717) is 32.8 Å². The van der Waals surface area contributed by atoms with Crippen molar-refractivity contribution in [2.75, 3.05) is 5.32 Å². The number of hydrogen-bond acceptors (Lipinski definition) is 4. The highest BCUT2D eigenvalue weighted by Crippen LogP contribution is 2.69. The first-order chi connectivity index (χ1) is 23.7. The van der Waals surface area contributed by atoms with Crippen molar-refractivity contribution < 1.29 is 19.2 Å². The average molecular weight is 706 g/mol. The summed E-state index contributed by atoms with van der Waals surface area (Å²) in [4.78, 5) is 56.0. The molecular formula is C40H27Cl3N2O4. The van der Waals surface area contributed by atoms with E-state index in [2.05, 4.69) is 5.32 Å². The van der Waals surface area contributed by atoms with Crippen LogP contribution in [0.2, 0.25) is 5.02 Å². The second-order valence-corrected chi connectivity index (χ2v) is 14.2. The molecular weight excluding hydrogens is 679 g/mol. The van der Waals surface area contributed by atoms with Crippen LogP contribution in [0.1, 0.15) is 43.7 Å². The minimum atomic E-state index is -1.39. The summed E-state index contributed by atoms with van der Waals surface area (Å²) in [6.07, 6.45) is 0.0175. The van der Waals surface area contributed by atoms with E-state index in [0.717, 1.165) is 10.5 Å². The smallest absolute Gasteiger partial charge is 0.248 e. The molecule has 1 fully saturated rings. The van der Waals surface area contributed by atoms with E-state index < -0.39 is 45.3 Å². The van der Waals surface area contributed by atoms with E-state index >= 15 is 0 Å². The van der Waals surface area contributed by atoms with Crippen LogP contribution >= 0.6 is 34.8 Å². The highest BCUT2D eigenvalue weighted by atomic mass is 35.5. The van der Waals surface area contributed by atoms with Gasteiger partial charge in [-0.15, -0.1) is 23.2 Å². The lowest BCUT2D eigenvalue weighted by atomic mass is 9.54. The normalized spacial score (nSPS) is 23.8. The van der Waals surface area contributed by atoms with Crippen molar-refractivity contribution in [2.24, 2.45) is 11.8 Å². The van der Waals surface area contributed by atoms with E-state index in [9.17, 15) is 19.2 Å². The van der Waals surface area contributed by atoms with Crippen molar-refractivity contribution >= 4 is 64.0 Å². The number of hydrogen-bond donors (Lipinski definition) is 1. The Hall–Kier alpha value is -4.75. The first-order valence-electron chi connectivity index (χ1n) is 15.8. The Morgan fingerprint density at radius 3 is 1.65 bits per heavy atom. The van der Waals surface area contributed by atoms with Gasteiger partial charge in [-0.25, -0.2) is 0 Å². The summed E-state index contributed by atoms with van der Waals surface area (Å²) >= 11 is 21.6. The maximum absolute atomic E-state index is 14.8. The van der Waals surface area contributed by atoms with Gasteiger partial charge in [0.25, 0.3) is 0 Å². The van der Waals surface area contributed by atoms with Crippen molar-refractivity contribution in [3.63, 3.8) is 0 Å². The number of nitrogens with one attached hydrogen (secondary N) is 1. The predicted molar refractivity (Wildman–Crippen MR) is 189 cm³/mol. The molecule has 1 N–H and O–H groups in total. The van der Waals surface area contributed by atoms with Crippen LogP contribution in [-0.2, 0) is 30.6 Å². The zero-order chi connectivity index (χ0) is 34.1. The standard InChI is InChI=1S/C40H27Cl3N2O4/c41-25-19-20-31(26(22-25)35(46)24-13-5-2-6-14-24)44-36(47)32(21-23-11-3-1-4-12-23)45-37(48)33-34(38(45)49)40(43)28-16-8-7-15-27(28)39(33,42)29-17-9-10-18-30(29)40/h1-20,22,32-34H,21H2,(H,44,47)/t32-,33+,34+,39?,40?/m0/s1. The first kappa shape index (κ1) is 31.5. The number of ketones is 1. The molecule has 6 nitrogen and oxygen atoms in total. The zero-order valence-corrected chi connectivity index (χ0v) is 28.0. The van der Waals surface area contributed by atoms with Crippen LogP contribution in [0, 0.1) is 11.8 Å². The highest BCUT2D eigenvalue weighted by molar-refractivity contribution is 6.36. The van der Waals surface area contributed by atoms with E-state index in [1.165, 1.54) is 6.07 Å². The maximum atomic E-state index is 14.8. The summed E-state index contributed by atoms with van der Waals surface area (Å²) in [6, 6.07) is 35.8. The van der Waals surface area contributed by atoms with Gasteiger partial charge in [0, 0.05) is 22.6 Å². The minimum Gasteiger partial charge on any atom is -0.324 e. The maximum Gasteiger partial charge on any atom is 0.248 e. The SMILES string of the molecule is O=C(c1ccccc1)c1cc(Cl)ccc1NC(=O)[C@H](Cc1ccccc1)N1C(=O)[C@H]2[C@H](C1=O)C1(Cl)c3ccccc3C2(Cl)c2ccccc21. The van der Waals surface area contributed by atoms with Gasteiger partial charge in [0.2, 0.25) is 17.7 Å². The quantitative estimate of drug-likeness (QED) is 0.107. The predicted octanol–water partition coefficient (Wildman–Crippen LogP) is 7.71. The number of halogens is 3. The molecule has 1 saturated heterocycles. The Morgan fingerprint density at radius 1 is 0.673 bits per heavy atom. The number of benzene rings is 5. The Labute approximate surface area is 297 Å². The van der Waals surface area contributed by atoms with Crippen molar-refractivity contribution in [2.45, 2.75) is 22.2 Å². The molecule has 4 aliphatic rings. The summed E-state index contributed by atoms with van der Waals surface area (Å²) in [5.74, 6) is -4.29. The van der Waals surface area contributed by atoms with Crippen LogP contribution in [0.3, 0.4) is 0 Å². The van der Waals surface area contributed by atoms with Crippen LogP contribution in [0.5, 0.6) is 0 Å². The molecule has 3 atom stereocenters. The monoisotopic (exact) mass is 704 g/mol. The number of imide groups is 1. The third kappa shape index (κ3) is 4.62.